The summed E-state index contributed by atoms with van der Waals surface area (Å²) in [7, 11) is -3.65. The normalized spacial score (nSPS) is 23.1. The van der Waals surface area contributed by atoms with Crippen molar-refractivity contribution in [2.24, 2.45) is 5.92 Å². The molecule has 4 heterocycles. The molecule has 3 saturated heterocycles. The second-order valence-electron chi connectivity index (χ2n) is 9.22. The van der Waals surface area contributed by atoms with Gasteiger partial charge in [0.2, 0.25) is 15.9 Å². The molecule has 32 heavy (non-hydrogen) atoms. The topological polar surface area (TPSA) is 86.7 Å². The number of amides is 1. The van der Waals surface area contributed by atoms with Crippen molar-refractivity contribution < 1.29 is 13.2 Å². The molecule has 1 aromatic heterocycles. The van der Waals surface area contributed by atoms with Crippen LogP contribution in [0.4, 0.5) is 0 Å². The average molecular weight is 478 g/mol. The van der Waals surface area contributed by atoms with Gasteiger partial charge in [0.1, 0.15) is 15.9 Å². The van der Waals surface area contributed by atoms with Gasteiger partial charge in [-0.15, -0.1) is 0 Å². The van der Waals surface area contributed by atoms with Gasteiger partial charge in [-0.05, 0) is 63.7 Å². The van der Waals surface area contributed by atoms with Gasteiger partial charge in [-0.25, -0.2) is 8.42 Å². The zero-order valence-electron chi connectivity index (χ0n) is 18.4. The van der Waals surface area contributed by atoms with Crippen LogP contribution in [-0.4, -0.2) is 82.5 Å². The number of nitrogens with zero attached hydrogens (tertiary/aromatic N) is 5. The Morgan fingerprint density at radius 2 is 1.62 bits per heavy atom. The van der Waals surface area contributed by atoms with Crippen LogP contribution in [-0.2, 0) is 14.8 Å². The van der Waals surface area contributed by atoms with Gasteiger partial charge in [0, 0.05) is 38.1 Å². The third-order valence-corrected chi connectivity index (χ3v) is 9.83. The number of piperidine rings is 3. The second-order valence-corrected chi connectivity index (χ2v) is 11.7. The van der Waals surface area contributed by atoms with Crippen molar-refractivity contribution in [3.8, 4) is 0 Å². The summed E-state index contributed by atoms with van der Waals surface area (Å²) in [6, 6.07) is 5.70. The van der Waals surface area contributed by atoms with Crippen LogP contribution >= 0.6 is 11.7 Å². The summed E-state index contributed by atoms with van der Waals surface area (Å²) >= 11 is 1.02. The molecular weight excluding hydrogens is 446 g/mol. The zero-order chi connectivity index (χ0) is 22.1. The third-order valence-electron chi connectivity index (χ3n) is 7.35. The first kappa shape index (κ1) is 22.2. The van der Waals surface area contributed by atoms with Gasteiger partial charge in [-0.2, -0.15) is 13.1 Å². The highest BCUT2D eigenvalue weighted by molar-refractivity contribution is 7.89. The van der Waals surface area contributed by atoms with Crippen LogP contribution in [0.1, 0.15) is 44.9 Å². The molecule has 3 aliphatic heterocycles. The summed E-state index contributed by atoms with van der Waals surface area (Å²) in [5.74, 6) is 0.134. The van der Waals surface area contributed by atoms with Gasteiger partial charge in [0.25, 0.3) is 0 Å². The lowest BCUT2D eigenvalue weighted by Gasteiger charge is -2.41. The summed E-state index contributed by atoms with van der Waals surface area (Å²) in [6.45, 7) is 4.81. The Bertz CT molecular complexity index is 1050. The minimum absolute atomic E-state index is 0.0790. The fourth-order valence-corrected chi connectivity index (χ4v) is 7.69. The quantitative estimate of drug-likeness (QED) is 0.673. The van der Waals surface area contributed by atoms with E-state index in [2.05, 4.69) is 13.6 Å². The van der Waals surface area contributed by atoms with E-state index in [9.17, 15) is 13.2 Å². The zero-order valence-corrected chi connectivity index (χ0v) is 20.0. The number of hydrogen-bond acceptors (Lipinski definition) is 7. The average Bonchev–Trinajstić information content (AvgIpc) is 3.33. The highest BCUT2D eigenvalue weighted by Gasteiger charge is 2.36. The lowest BCUT2D eigenvalue weighted by Crippen LogP contribution is -2.50. The molecule has 10 heteroatoms. The van der Waals surface area contributed by atoms with Crippen LogP contribution in [0.25, 0.3) is 11.0 Å². The van der Waals surface area contributed by atoms with Gasteiger partial charge in [0.15, 0.2) is 0 Å². The van der Waals surface area contributed by atoms with E-state index in [0.29, 0.717) is 43.0 Å². The number of aromatic nitrogens is 2. The fraction of sp³-hybridized carbons (Fsp3) is 0.682. The van der Waals surface area contributed by atoms with Crippen LogP contribution in [0.15, 0.2) is 23.1 Å². The number of likely N-dealkylation sites (tertiary alicyclic amines) is 2. The lowest BCUT2D eigenvalue weighted by molar-refractivity contribution is -0.138. The number of fused-ring (bicyclic) bond motifs is 1. The van der Waals surface area contributed by atoms with Crippen LogP contribution in [0, 0.1) is 5.92 Å². The Balaban J connectivity index is 1.17. The fourth-order valence-electron chi connectivity index (χ4n) is 5.46. The van der Waals surface area contributed by atoms with E-state index in [1.807, 2.05) is 4.90 Å². The molecule has 3 aliphatic rings. The van der Waals surface area contributed by atoms with Crippen molar-refractivity contribution in [1.82, 2.24) is 22.9 Å². The van der Waals surface area contributed by atoms with Crippen LogP contribution in [0.5, 0.6) is 0 Å². The van der Waals surface area contributed by atoms with Crippen molar-refractivity contribution in [3.05, 3.63) is 18.2 Å². The number of benzene rings is 1. The number of hydrogen-bond donors (Lipinski definition) is 0. The minimum Gasteiger partial charge on any atom is -0.342 e. The van der Waals surface area contributed by atoms with Gasteiger partial charge in [-0.1, -0.05) is 12.5 Å². The predicted molar refractivity (Wildman–Crippen MR) is 124 cm³/mol. The van der Waals surface area contributed by atoms with Crippen LogP contribution < -0.4 is 0 Å². The standard InChI is InChI=1S/C22H31N5O3S2/c28-22(26-13-9-18(10-14-26)25-11-2-1-3-12-25)17-7-15-27(16-8-17)32(29,30)20-6-4-5-19-21(20)24-31-23-19/h4-6,17-18H,1-3,7-16H2. The monoisotopic (exact) mass is 477 g/mol. The first-order valence-corrected chi connectivity index (χ1v) is 14.0. The molecule has 0 unspecified atom stereocenters. The van der Waals surface area contributed by atoms with Crippen molar-refractivity contribution in [1.29, 1.82) is 0 Å². The molecule has 0 aliphatic carbocycles. The van der Waals surface area contributed by atoms with Gasteiger partial charge in [0.05, 0.1) is 11.7 Å². The van der Waals surface area contributed by atoms with Crippen LogP contribution in [0.2, 0.25) is 0 Å². The number of rotatable bonds is 4. The summed E-state index contributed by atoms with van der Waals surface area (Å²) in [4.78, 5) is 18.0. The maximum atomic E-state index is 13.2. The maximum Gasteiger partial charge on any atom is 0.245 e. The highest BCUT2D eigenvalue weighted by atomic mass is 32.2. The molecule has 1 amide bonds. The molecule has 0 bridgehead atoms. The van der Waals surface area contributed by atoms with Gasteiger partial charge in [-0.3, -0.25) is 4.79 Å². The molecule has 2 aromatic rings. The first-order chi connectivity index (χ1) is 15.5. The largest absolute Gasteiger partial charge is 0.342 e. The Hall–Kier alpha value is -1.62. The second kappa shape index (κ2) is 9.32. The number of carbonyl (C=O) groups is 1. The van der Waals surface area contributed by atoms with E-state index in [1.54, 1.807) is 18.2 Å². The highest BCUT2D eigenvalue weighted by Crippen LogP contribution is 2.30. The van der Waals surface area contributed by atoms with E-state index in [-0.39, 0.29) is 16.7 Å². The van der Waals surface area contributed by atoms with Gasteiger partial charge < -0.3 is 9.80 Å². The SMILES string of the molecule is O=C(C1CCN(S(=O)(=O)c2cccc3nsnc23)CC1)N1CCC(N2CCCCC2)CC1. The number of carbonyl (C=O) groups excluding carboxylic acids is 1. The summed E-state index contributed by atoms with van der Waals surface area (Å²) in [6.07, 6.45) is 7.22. The molecule has 0 radical (unpaired) electrons. The third kappa shape index (κ3) is 4.30. The Labute approximate surface area is 193 Å². The van der Waals surface area contributed by atoms with Crippen LogP contribution in [0.3, 0.4) is 0 Å². The molecule has 0 atom stereocenters. The Kier molecular flexibility index (Phi) is 6.46. The maximum absolute atomic E-state index is 13.2. The van der Waals surface area contributed by atoms with E-state index in [0.717, 1.165) is 37.7 Å². The number of sulfonamides is 1. The van der Waals surface area contributed by atoms with E-state index >= 15 is 0 Å². The van der Waals surface area contributed by atoms with Crippen molar-refractivity contribution in [2.75, 3.05) is 39.3 Å². The van der Waals surface area contributed by atoms with Gasteiger partial charge >= 0.3 is 0 Å². The summed E-state index contributed by atoms with van der Waals surface area (Å²) in [5.41, 5.74) is 1.04. The first-order valence-electron chi connectivity index (χ1n) is 11.8. The predicted octanol–water partition coefficient (Wildman–Crippen LogP) is 2.57. The molecule has 0 N–H and O–H groups in total. The molecular formula is C22H31N5O3S2. The lowest BCUT2D eigenvalue weighted by atomic mass is 9.94. The van der Waals surface area contributed by atoms with Crippen molar-refractivity contribution >= 4 is 38.7 Å². The minimum atomic E-state index is -3.65. The van der Waals surface area contributed by atoms with E-state index in [1.165, 1.54) is 36.7 Å². The summed E-state index contributed by atoms with van der Waals surface area (Å²) < 4.78 is 36.3. The van der Waals surface area contributed by atoms with Crippen molar-refractivity contribution in [2.45, 2.75) is 55.9 Å². The molecule has 0 saturated carbocycles. The molecule has 1 aromatic carbocycles. The van der Waals surface area contributed by atoms with E-state index in [4.69, 9.17) is 0 Å². The smallest absolute Gasteiger partial charge is 0.245 e. The summed E-state index contributed by atoms with van der Waals surface area (Å²) in [5, 5.41) is 0. The van der Waals surface area contributed by atoms with E-state index < -0.39 is 10.0 Å². The molecule has 174 valence electrons. The molecule has 0 spiro atoms. The van der Waals surface area contributed by atoms with Crippen molar-refractivity contribution in [3.63, 3.8) is 0 Å². The molecule has 3 fully saturated rings. The Morgan fingerprint density at radius 1 is 0.906 bits per heavy atom. The Morgan fingerprint density at radius 3 is 2.34 bits per heavy atom. The molecule has 8 nitrogen and oxygen atoms in total. The molecule has 5 rings (SSSR count).